The van der Waals surface area contributed by atoms with Crippen molar-refractivity contribution in [3.8, 4) is 0 Å². The molecule has 0 radical (unpaired) electrons. The average molecular weight is 278 g/mol. The molecule has 0 aliphatic rings. The normalized spacial score (nSPS) is 12.4. The first-order valence-electron chi connectivity index (χ1n) is 7.24. The molecule has 0 saturated heterocycles. The van der Waals surface area contributed by atoms with Crippen molar-refractivity contribution in [2.24, 2.45) is 5.92 Å². The third kappa shape index (κ3) is 4.94. The van der Waals surface area contributed by atoms with Gasteiger partial charge < -0.3 is 15.7 Å². The zero-order chi connectivity index (χ0) is 15.0. The van der Waals surface area contributed by atoms with Gasteiger partial charge in [0, 0.05) is 18.2 Å². The van der Waals surface area contributed by atoms with Crippen molar-refractivity contribution < 1.29 is 9.90 Å². The molecule has 4 nitrogen and oxygen atoms in total. The molecule has 0 heterocycles. The molecule has 112 valence electrons. The zero-order valence-electron chi connectivity index (χ0n) is 12.6. The fraction of sp³-hybridized carbons (Fsp3) is 0.562. The molecule has 20 heavy (non-hydrogen) atoms. The third-order valence-electron chi connectivity index (χ3n) is 3.47. The Morgan fingerprint density at radius 1 is 1.30 bits per heavy atom. The van der Waals surface area contributed by atoms with Gasteiger partial charge in [0.1, 0.15) is 0 Å². The Bertz CT molecular complexity index is 419. The lowest BCUT2D eigenvalue weighted by molar-refractivity contribution is 0.0915. The van der Waals surface area contributed by atoms with E-state index in [1.165, 1.54) is 0 Å². The standard InChI is InChI=1S/C16H26N2O2/c1-12(2)15(9-11-19)18-16(20)14-7-5-4-6-13(14)8-10-17-3/h4-7,12,15,17,19H,8-11H2,1-3H3,(H,18,20). The maximum absolute atomic E-state index is 12.4. The molecule has 0 aromatic heterocycles. The molecule has 0 saturated carbocycles. The summed E-state index contributed by atoms with van der Waals surface area (Å²) in [6, 6.07) is 7.69. The Morgan fingerprint density at radius 3 is 2.60 bits per heavy atom. The van der Waals surface area contributed by atoms with Gasteiger partial charge in [0.25, 0.3) is 5.91 Å². The van der Waals surface area contributed by atoms with E-state index in [4.69, 9.17) is 5.11 Å². The van der Waals surface area contributed by atoms with Crippen molar-refractivity contribution in [2.75, 3.05) is 20.2 Å². The van der Waals surface area contributed by atoms with Crippen molar-refractivity contribution in [2.45, 2.75) is 32.7 Å². The van der Waals surface area contributed by atoms with Crippen LogP contribution in [-0.4, -0.2) is 37.3 Å². The van der Waals surface area contributed by atoms with Gasteiger partial charge in [-0.1, -0.05) is 32.0 Å². The molecule has 0 aliphatic carbocycles. The maximum atomic E-state index is 12.4. The minimum atomic E-state index is -0.0520. The Balaban J connectivity index is 2.80. The number of hydrogen-bond acceptors (Lipinski definition) is 3. The van der Waals surface area contributed by atoms with E-state index in [9.17, 15) is 4.79 Å². The van der Waals surface area contributed by atoms with Crippen molar-refractivity contribution in [1.82, 2.24) is 10.6 Å². The van der Waals surface area contributed by atoms with Crippen LogP contribution in [0.4, 0.5) is 0 Å². The molecule has 1 aromatic carbocycles. The van der Waals surface area contributed by atoms with Crippen LogP contribution in [0.3, 0.4) is 0 Å². The monoisotopic (exact) mass is 278 g/mol. The summed E-state index contributed by atoms with van der Waals surface area (Å²) in [5, 5.41) is 15.2. The lowest BCUT2D eigenvalue weighted by Gasteiger charge is -2.22. The molecule has 0 spiro atoms. The number of carbonyl (C=O) groups is 1. The molecular formula is C16H26N2O2. The smallest absolute Gasteiger partial charge is 0.251 e. The van der Waals surface area contributed by atoms with Crippen LogP contribution >= 0.6 is 0 Å². The van der Waals surface area contributed by atoms with Gasteiger partial charge in [0.05, 0.1) is 0 Å². The predicted octanol–water partition coefficient (Wildman–Crippen LogP) is 1.59. The van der Waals surface area contributed by atoms with Gasteiger partial charge in [-0.05, 0) is 44.0 Å². The second-order valence-electron chi connectivity index (χ2n) is 5.35. The average Bonchev–Trinajstić information content (AvgIpc) is 2.44. The Hall–Kier alpha value is -1.39. The first-order chi connectivity index (χ1) is 9.60. The minimum absolute atomic E-state index is 0.00450. The molecule has 0 fully saturated rings. The van der Waals surface area contributed by atoms with Crippen LogP contribution in [0.25, 0.3) is 0 Å². The van der Waals surface area contributed by atoms with Crippen LogP contribution in [0.5, 0.6) is 0 Å². The number of benzene rings is 1. The highest BCUT2D eigenvalue weighted by Crippen LogP contribution is 2.12. The van der Waals surface area contributed by atoms with Gasteiger partial charge in [-0.3, -0.25) is 4.79 Å². The highest BCUT2D eigenvalue weighted by molar-refractivity contribution is 5.95. The van der Waals surface area contributed by atoms with Gasteiger partial charge >= 0.3 is 0 Å². The summed E-state index contributed by atoms with van der Waals surface area (Å²) in [6.45, 7) is 5.03. The van der Waals surface area contributed by atoms with Crippen LogP contribution in [-0.2, 0) is 6.42 Å². The van der Waals surface area contributed by atoms with E-state index < -0.39 is 0 Å². The second-order valence-corrected chi connectivity index (χ2v) is 5.35. The van der Waals surface area contributed by atoms with Crippen LogP contribution in [0.1, 0.15) is 36.2 Å². The number of hydrogen-bond donors (Lipinski definition) is 3. The van der Waals surface area contributed by atoms with Gasteiger partial charge in [0.15, 0.2) is 0 Å². The summed E-state index contributed by atoms with van der Waals surface area (Å²) in [5.41, 5.74) is 1.78. The summed E-state index contributed by atoms with van der Waals surface area (Å²) in [6.07, 6.45) is 1.41. The minimum Gasteiger partial charge on any atom is -0.396 e. The Labute approximate surface area is 121 Å². The largest absolute Gasteiger partial charge is 0.396 e. The molecule has 0 bridgehead atoms. The van der Waals surface area contributed by atoms with E-state index in [0.717, 1.165) is 24.1 Å². The third-order valence-corrected chi connectivity index (χ3v) is 3.47. The SMILES string of the molecule is CNCCc1ccccc1C(=O)NC(CCO)C(C)C. The fourth-order valence-corrected chi connectivity index (χ4v) is 2.18. The Morgan fingerprint density at radius 2 is 2.00 bits per heavy atom. The van der Waals surface area contributed by atoms with Gasteiger partial charge in [-0.25, -0.2) is 0 Å². The lowest BCUT2D eigenvalue weighted by atomic mass is 9.99. The molecule has 4 heteroatoms. The highest BCUT2D eigenvalue weighted by Gasteiger charge is 2.18. The van der Waals surface area contributed by atoms with Gasteiger partial charge in [-0.2, -0.15) is 0 Å². The quantitative estimate of drug-likeness (QED) is 0.676. The number of nitrogens with one attached hydrogen (secondary N) is 2. The predicted molar refractivity (Wildman–Crippen MR) is 81.9 cm³/mol. The number of aliphatic hydroxyl groups excluding tert-OH is 1. The van der Waals surface area contributed by atoms with Gasteiger partial charge in [0.2, 0.25) is 0 Å². The van der Waals surface area contributed by atoms with Crippen molar-refractivity contribution in [3.05, 3.63) is 35.4 Å². The highest BCUT2D eigenvalue weighted by atomic mass is 16.3. The first kappa shape index (κ1) is 16.7. The molecule has 1 unspecified atom stereocenters. The van der Waals surface area contributed by atoms with E-state index in [0.29, 0.717) is 12.3 Å². The van der Waals surface area contributed by atoms with Crippen molar-refractivity contribution >= 4 is 5.91 Å². The van der Waals surface area contributed by atoms with E-state index in [1.54, 1.807) is 0 Å². The number of carbonyl (C=O) groups excluding carboxylic acids is 1. The Kier molecular flexibility index (Phi) is 7.26. The fourth-order valence-electron chi connectivity index (χ4n) is 2.18. The van der Waals surface area contributed by atoms with E-state index in [2.05, 4.69) is 10.6 Å². The van der Waals surface area contributed by atoms with Gasteiger partial charge in [-0.15, -0.1) is 0 Å². The summed E-state index contributed by atoms with van der Waals surface area (Å²) in [5.74, 6) is 0.249. The van der Waals surface area contributed by atoms with E-state index in [-0.39, 0.29) is 18.6 Å². The summed E-state index contributed by atoms with van der Waals surface area (Å²) >= 11 is 0. The molecule has 1 rings (SSSR count). The van der Waals surface area contributed by atoms with E-state index >= 15 is 0 Å². The van der Waals surface area contributed by atoms with Crippen LogP contribution in [0.15, 0.2) is 24.3 Å². The molecule has 3 N–H and O–H groups in total. The second kappa shape index (κ2) is 8.72. The number of likely N-dealkylation sites (N-methyl/N-ethyl adjacent to an activating group) is 1. The molecule has 1 amide bonds. The maximum Gasteiger partial charge on any atom is 0.251 e. The molecule has 1 atom stereocenters. The van der Waals surface area contributed by atoms with Crippen molar-refractivity contribution in [1.29, 1.82) is 0 Å². The summed E-state index contributed by atoms with van der Waals surface area (Å²) in [4.78, 5) is 12.4. The van der Waals surface area contributed by atoms with Crippen molar-refractivity contribution in [3.63, 3.8) is 0 Å². The van der Waals surface area contributed by atoms with Crippen LogP contribution < -0.4 is 10.6 Å². The molecular weight excluding hydrogens is 252 g/mol. The summed E-state index contributed by atoms with van der Waals surface area (Å²) in [7, 11) is 1.90. The zero-order valence-corrected chi connectivity index (χ0v) is 12.6. The molecule has 1 aromatic rings. The number of aliphatic hydroxyl groups is 1. The number of rotatable bonds is 8. The van der Waals surface area contributed by atoms with Crippen LogP contribution in [0, 0.1) is 5.92 Å². The first-order valence-corrected chi connectivity index (χ1v) is 7.24. The summed E-state index contributed by atoms with van der Waals surface area (Å²) < 4.78 is 0. The van der Waals surface area contributed by atoms with Crippen LogP contribution in [0.2, 0.25) is 0 Å². The molecule has 0 aliphatic heterocycles. The lowest BCUT2D eigenvalue weighted by Crippen LogP contribution is -2.39. The topological polar surface area (TPSA) is 61.4 Å². The van der Waals surface area contributed by atoms with E-state index in [1.807, 2.05) is 45.2 Å². The number of amides is 1.